The topological polar surface area (TPSA) is 17.1 Å². The maximum atomic E-state index is 9.79. The van der Waals surface area contributed by atoms with Gasteiger partial charge < -0.3 is 4.79 Å². The molecule has 0 heterocycles. The van der Waals surface area contributed by atoms with Gasteiger partial charge in [0.05, 0.1) is 0 Å². The Morgan fingerprint density at radius 3 is 2.56 bits per heavy atom. The molecule has 0 atom stereocenters. The predicted octanol–water partition coefficient (Wildman–Crippen LogP) is 2.10. The molecular weight excluding hydrogens is 112 g/mol. The van der Waals surface area contributed by atoms with Gasteiger partial charge in [0.25, 0.3) is 0 Å². The Bertz CT molecular complexity index is 112. The van der Waals surface area contributed by atoms with Crippen LogP contribution in [0.25, 0.3) is 0 Å². The quantitative estimate of drug-likeness (QED) is 0.318. The second-order valence-corrected chi connectivity index (χ2v) is 1.70. The molecule has 0 aliphatic carbocycles. The lowest BCUT2D eigenvalue weighted by Gasteiger charge is -1.78. The van der Waals surface area contributed by atoms with Crippen LogP contribution in [0.15, 0.2) is 24.3 Å². The molecule has 0 amide bonds. The molecule has 0 aromatic carbocycles. The number of carbonyl (C=O) groups is 1. The zero-order valence-electron chi connectivity index (χ0n) is 5.71. The van der Waals surface area contributed by atoms with Crippen molar-refractivity contribution in [3.05, 3.63) is 24.3 Å². The molecule has 0 aliphatic heterocycles. The van der Waals surface area contributed by atoms with E-state index in [0.29, 0.717) is 6.42 Å². The number of rotatable bonds is 4. The molecule has 0 rings (SSSR count). The largest absolute Gasteiger partial charge is 0.303 e. The fraction of sp³-hybridized carbons (Fsp3) is 0.375. The van der Waals surface area contributed by atoms with E-state index in [9.17, 15) is 4.79 Å². The maximum absolute atomic E-state index is 9.79. The zero-order chi connectivity index (χ0) is 6.95. The van der Waals surface area contributed by atoms with E-state index >= 15 is 0 Å². The van der Waals surface area contributed by atoms with E-state index in [0.717, 1.165) is 12.7 Å². The molecule has 0 saturated carbocycles. The zero-order valence-corrected chi connectivity index (χ0v) is 5.71. The van der Waals surface area contributed by atoms with Crippen LogP contribution in [0.5, 0.6) is 0 Å². The van der Waals surface area contributed by atoms with Crippen LogP contribution in [-0.2, 0) is 4.79 Å². The fourth-order valence-electron chi connectivity index (χ4n) is 0.450. The number of hydrogen-bond acceptors (Lipinski definition) is 1. The molecule has 0 aromatic heterocycles. The second kappa shape index (κ2) is 7.15. The van der Waals surface area contributed by atoms with Crippen molar-refractivity contribution in [3.63, 3.8) is 0 Å². The highest BCUT2D eigenvalue weighted by Gasteiger charge is 1.73. The molecular formula is C8H12O. The molecule has 0 bridgehead atoms. The highest BCUT2D eigenvalue weighted by Crippen LogP contribution is 1.86. The molecule has 0 saturated heterocycles. The monoisotopic (exact) mass is 124 g/mol. The van der Waals surface area contributed by atoms with Crippen molar-refractivity contribution in [2.75, 3.05) is 0 Å². The summed E-state index contributed by atoms with van der Waals surface area (Å²) in [7, 11) is 0. The van der Waals surface area contributed by atoms with E-state index in [4.69, 9.17) is 0 Å². The highest BCUT2D eigenvalue weighted by atomic mass is 16.1. The minimum Gasteiger partial charge on any atom is -0.303 e. The summed E-state index contributed by atoms with van der Waals surface area (Å²) in [5.41, 5.74) is 0. The minimum absolute atomic E-state index is 0.633. The number of unbranched alkanes of at least 4 members (excludes halogenated alkanes) is 1. The van der Waals surface area contributed by atoms with E-state index in [1.54, 1.807) is 0 Å². The average molecular weight is 124 g/mol. The molecule has 0 radical (unpaired) electrons. The van der Waals surface area contributed by atoms with Crippen LogP contribution in [0.2, 0.25) is 0 Å². The molecule has 0 fully saturated rings. The Hall–Kier alpha value is -0.850. The summed E-state index contributed by atoms with van der Waals surface area (Å²) in [6, 6.07) is 0. The Balaban J connectivity index is 3.14. The molecule has 0 N–H and O–H groups in total. The first-order valence-corrected chi connectivity index (χ1v) is 3.13. The summed E-state index contributed by atoms with van der Waals surface area (Å²) >= 11 is 0. The van der Waals surface area contributed by atoms with Crippen LogP contribution in [0.4, 0.5) is 0 Å². The average Bonchev–Trinajstić information content (AvgIpc) is 1.89. The van der Waals surface area contributed by atoms with Gasteiger partial charge in [-0.25, -0.2) is 0 Å². The van der Waals surface area contributed by atoms with Gasteiger partial charge >= 0.3 is 0 Å². The smallest absolute Gasteiger partial charge is 0.120 e. The molecule has 0 spiro atoms. The third kappa shape index (κ3) is 7.15. The van der Waals surface area contributed by atoms with Crippen molar-refractivity contribution in [3.8, 4) is 0 Å². The Morgan fingerprint density at radius 2 is 2.00 bits per heavy atom. The number of allylic oxidation sites excluding steroid dienone is 4. The van der Waals surface area contributed by atoms with Gasteiger partial charge in [0.15, 0.2) is 0 Å². The second-order valence-electron chi connectivity index (χ2n) is 1.70. The Labute approximate surface area is 56.1 Å². The summed E-state index contributed by atoms with van der Waals surface area (Å²) in [4.78, 5) is 9.79. The molecule has 1 nitrogen and oxygen atoms in total. The van der Waals surface area contributed by atoms with Crippen LogP contribution in [-0.4, -0.2) is 6.29 Å². The molecule has 0 aromatic rings. The molecule has 50 valence electrons. The summed E-state index contributed by atoms with van der Waals surface area (Å²) < 4.78 is 0. The van der Waals surface area contributed by atoms with Gasteiger partial charge in [-0.1, -0.05) is 24.3 Å². The first-order chi connectivity index (χ1) is 4.41. The lowest BCUT2D eigenvalue weighted by atomic mass is 10.3. The predicted molar refractivity (Wildman–Crippen MR) is 39.3 cm³/mol. The van der Waals surface area contributed by atoms with Gasteiger partial charge in [0.2, 0.25) is 0 Å². The number of hydrogen-bond donors (Lipinski definition) is 0. The number of aldehydes is 1. The van der Waals surface area contributed by atoms with Crippen molar-refractivity contribution in [1.82, 2.24) is 0 Å². The SMILES string of the molecule is CC=CC=CCCC=O. The Morgan fingerprint density at radius 1 is 1.22 bits per heavy atom. The van der Waals surface area contributed by atoms with Crippen molar-refractivity contribution in [2.24, 2.45) is 0 Å². The van der Waals surface area contributed by atoms with E-state index in [1.807, 2.05) is 31.2 Å². The first kappa shape index (κ1) is 8.15. The molecule has 0 aliphatic rings. The molecule has 9 heavy (non-hydrogen) atoms. The summed E-state index contributed by atoms with van der Waals surface area (Å²) in [5.74, 6) is 0. The van der Waals surface area contributed by atoms with E-state index < -0.39 is 0 Å². The standard InChI is InChI=1S/C8H12O/c1-2-3-4-5-6-7-8-9/h2-5,8H,6-7H2,1H3. The maximum Gasteiger partial charge on any atom is 0.120 e. The number of carbonyl (C=O) groups excluding carboxylic acids is 1. The van der Waals surface area contributed by atoms with Crippen LogP contribution >= 0.6 is 0 Å². The van der Waals surface area contributed by atoms with E-state index in [2.05, 4.69) is 0 Å². The third-order valence-corrected chi connectivity index (χ3v) is 0.891. The Kier molecular flexibility index (Phi) is 6.47. The summed E-state index contributed by atoms with van der Waals surface area (Å²) in [5, 5.41) is 0. The van der Waals surface area contributed by atoms with Crippen LogP contribution in [0.3, 0.4) is 0 Å². The molecule has 0 unspecified atom stereocenters. The van der Waals surface area contributed by atoms with Crippen molar-refractivity contribution in [2.45, 2.75) is 19.8 Å². The third-order valence-electron chi connectivity index (χ3n) is 0.891. The van der Waals surface area contributed by atoms with Gasteiger partial charge in [-0.15, -0.1) is 0 Å². The van der Waals surface area contributed by atoms with Gasteiger partial charge in [0.1, 0.15) is 6.29 Å². The van der Waals surface area contributed by atoms with Crippen molar-refractivity contribution >= 4 is 6.29 Å². The normalized spacial score (nSPS) is 11.2. The van der Waals surface area contributed by atoms with Crippen LogP contribution < -0.4 is 0 Å². The molecule has 1 heteroatoms. The first-order valence-electron chi connectivity index (χ1n) is 3.13. The van der Waals surface area contributed by atoms with Gasteiger partial charge in [-0.2, -0.15) is 0 Å². The van der Waals surface area contributed by atoms with Crippen molar-refractivity contribution < 1.29 is 4.79 Å². The van der Waals surface area contributed by atoms with Crippen molar-refractivity contribution in [1.29, 1.82) is 0 Å². The lowest BCUT2D eigenvalue weighted by molar-refractivity contribution is -0.107. The summed E-state index contributed by atoms with van der Waals surface area (Å²) in [6.45, 7) is 1.96. The fourth-order valence-corrected chi connectivity index (χ4v) is 0.450. The summed E-state index contributed by atoms with van der Waals surface area (Å²) in [6.07, 6.45) is 10.3. The van der Waals surface area contributed by atoms with E-state index in [1.165, 1.54) is 0 Å². The van der Waals surface area contributed by atoms with Gasteiger partial charge in [-0.05, 0) is 13.3 Å². The minimum atomic E-state index is 0.633. The van der Waals surface area contributed by atoms with Crippen LogP contribution in [0.1, 0.15) is 19.8 Å². The lowest BCUT2D eigenvalue weighted by Crippen LogP contribution is -1.68. The van der Waals surface area contributed by atoms with Crippen LogP contribution in [0, 0.1) is 0 Å². The van der Waals surface area contributed by atoms with Gasteiger partial charge in [-0.3, -0.25) is 0 Å². The highest BCUT2D eigenvalue weighted by molar-refractivity contribution is 5.49. The van der Waals surface area contributed by atoms with E-state index in [-0.39, 0.29) is 0 Å². The van der Waals surface area contributed by atoms with Gasteiger partial charge in [0, 0.05) is 6.42 Å².